The Balaban J connectivity index is 1.64. The molecule has 7 heteroatoms. The number of aromatic nitrogens is 1. The van der Waals surface area contributed by atoms with E-state index in [1.807, 2.05) is 41.8 Å². The van der Waals surface area contributed by atoms with Gasteiger partial charge in [0, 0.05) is 41.7 Å². The number of fused-ring (bicyclic) bond motifs is 3. The standard InChI is InChI=1S/C23H20N4O2S/c24-15-23(22-25-19(14-30-22)16-6-2-1-3-7-16)13-17-12-18(27(28)29)9-10-20(17)26-11-5-4-8-21(23)26/h1-3,6-7,9-10,12,14,21H,4-5,8,11,13H2. The maximum absolute atomic E-state index is 11.3. The molecule has 5 rings (SSSR count). The number of benzene rings is 2. The summed E-state index contributed by atoms with van der Waals surface area (Å²) in [4.78, 5) is 18.2. The van der Waals surface area contributed by atoms with Crippen LogP contribution >= 0.6 is 11.3 Å². The number of nitrogens with zero attached hydrogens (tertiary/aromatic N) is 4. The van der Waals surface area contributed by atoms with E-state index in [1.165, 1.54) is 11.3 Å². The highest BCUT2D eigenvalue weighted by Crippen LogP contribution is 2.48. The molecule has 1 saturated heterocycles. The smallest absolute Gasteiger partial charge is 0.269 e. The molecular weight excluding hydrogens is 396 g/mol. The molecule has 0 saturated carbocycles. The second-order valence-corrected chi connectivity index (χ2v) is 8.80. The Morgan fingerprint density at radius 2 is 2.07 bits per heavy atom. The van der Waals surface area contributed by atoms with E-state index in [2.05, 4.69) is 11.0 Å². The molecule has 2 aliphatic rings. The van der Waals surface area contributed by atoms with Gasteiger partial charge in [-0.3, -0.25) is 10.1 Å². The molecule has 0 aliphatic carbocycles. The van der Waals surface area contributed by atoms with Crippen LogP contribution in [0.15, 0.2) is 53.9 Å². The number of hydrogen-bond donors (Lipinski definition) is 0. The molecular formula is C23H20N4O2S. The molecule has 0 amide bonds. The zero-order chi connectivity index (χ0) is 20.7. The van der Waals surface area contributed by atoms with Gasteiger partial charge in [0.15, 0.2) is 0 Å². The summed E-state index contributed by atoms with van der Waals surface area (Å²) in [6, 6.07) is 17.7. The fraction of sp³-hybridized carbons (Fsp3) is 0.304. The zero-order valence-corrected chi connectivity index (χ0v) is 17.1. The van der Waals surface area contributed by atoms with Gasteiger partial charge in [-0.1, -0.05) is 30.3 Å². The van der Waals surface area contributed by atoms with Crippen molar-refractivity contribution in [2.75, 3.05) is 11.4 Å². The lowest BCUT2D eigenvalue weighted by molar-refractivity contribution is -0.384. The van der Waals surface area contributed by atoms with Crippen molar-refractivity contribution in [3.05, 3.63) is 74.6 Å². The van der Waals surface area contributed by atoms with Crippen LogP contribution in [-0.4, -0.2) is 22.5 Å². The molecule has 1 aromatic heterocycles. The molecule has 2 atom stereocenters. The Morgan fingerprint density at radius 1 is 1.23 bits per heavy atom. The molecule has 2 aliphatic heterocycles. The number of nitriles is 1. The fourth-order valence-electron chi connectivity index (χ4n) is 4.86. The van der Waals surface area contributed by atoms with E-state index in [9.17, 15) is 15.4 Å². The number of non-ortho nitro benzene ring substituents is 1. The van der Waals surface area contributed by atoms with Gasteiger partial charge in [0.25, 0.3) is 5.69 Å². The maximum atomic E-state index is 11.3. The van der Waals surface area contributed by atoms with Crippen LogP contribution in [0, 0.1) is 21.4 Å². The molecule has 3 heterocycles. The van der Waals surface area contributed by atoms with Gasteiger partial charge in [0.2, 0.25) is 0 Å². The normalized spacial score (nSPS) is 22.6. The fourth-order valence-corrected chi connectivity index (χ4v) is 5.89. The van der Waals surface area contributed by atoms with Crippen molar-refractivity contribution in [3.8, 4) is 17.3 Å². The molecule has 0 N–H and O–H groups in total. The van der Waals surface area contributed by atoms with E-state index in [-0.39, 0.29) is 16.7 Å². The van der Waals surface area contributed by atoms with Crippen LogP contribution in [0.4, 0.5) is 11.4 Å². The van der Waals surface area contributed by atoms with Gasteiger partial charge in [-0.25, -0.2) is 4.98 Å². The summed E-state index contributed by atoms with van der Waals surface area (Å²) in [7, 11) is 0. The highest BCUT2D eigenvalue weighted by atomic mass is 32.1. The molecule has 150 valence electrons. The van der Waals surface area contributed by atoms with Crippen LogP contribution in [0.2, 0.25) is 0 Å². The number of rotatable bonds is 3. The third-order valence-electron chi connectivity index (χ3n) is 6.28. The Morgan fingerprint density at radius 3 is 2.83 bits per heavy atom. The van der Waals surface area contributed by atoms with Crippen LogP contribution in [0.1, 0.15) is 29.8 Å². The van der Waals surface area contributed by atoms with Gasteiger partial charge in [0.1, 0.15) is 10.4 Å². The van der Waals surface area contributed by atoms with Gasteiger partial charge < -0.3 is 4.90 Å². The van der Waals surface area contributed by atoms with Crippen molar-refractivity contribution in [3.63, 3.8) is 0 Å². The maximum Gasteiger partial charge on any atom is 0.269 e. The van der Waals surface area contributed by atoms with Crippen LogP contribution < -0.4 is 4.90 Å². The van der Waals surface area contributed by atoms with Gasteiger partial charge in [-0.05, 0) is 30.9 Å². The predicted octanol–water partition coefficient (Wildman–Crippen LogP) is 5.09. The lowest BCUT2D eigenvalue weighted by atomic mass is 9.69. The average molecular weight is 417 g/mol. The van der Waals surface area contributed by atoms with Gasteiger partial charge in [-0.2, -0.15) is 5.26 Å². The largest absolute Gasteiger partial charge is 0.366 e. The summed E-state index contributed by atoms with van der Waals surface area (Å²) >= 11 is 1.52. The summed E-state index contributed by atoms with van der Waals surface area (Å²) in [5.41, 5.74) is 3.05. The molecule has 3 aromatic rings. The lowest BCUT2D eigenvalue weighted by Crippen LogP contribution is -2.56. The Bertz CT molecular complexity index is 1150. The number of nitro benzene ring substituents is 1. The zero-order valence-electron chi connectivity index (χ0n) is 16.3. The van der Waals surface area contributed by atoms with E-state index < -0.39 is 5.41 Å². The molecule has 30 heavy (non-hydrogen) atoms. The molecule has 2 unspecified atom stereocenters. The van der Waals surface area contributed by atoms with Crippen LogP contribution in [0.25, 0.3) is 11.3 Å². The first-order chi connectivity index (χ1) is 14.6. The van der Waals surface area contributed by atoms with Crippen molar-refractivity contribution in [2.24, 2.45) is 0 Å². The highest BCUT2D eigenvalue weighted by Gasteiger charge is 2.51. The third-order valence-corrected chi connectivity index (χ3v) is 7.30. The van der Waals surface area contributed by atoms with Gasteiger partial charge in [-0.15, -0.1) is 11.3 Å². The molecule has 0 spiro atoms. The number of thiazole rings is 1. The first-order valence-corrected chi connectivity index (χ1v) is 11.0. The quantitative estimate of drug-likeness (QED) is 0.438. The second-order valence-electron chi connectivity index (χ2n) is 7.94. The highest BCUT2D eigenvalue weighted by molar-refractivity contribution is 7.10. The van der Waals surface area contributed by atoms with Crippen LogP contribution in [-0.2, 0) is 11.8 Å². The van der Waals surface area contributed by atoms with E-state index in [0.717, 1.165) is 53.3 Å². The van der Waals surface area contributed by atoms with Crippen molar-refractivity contribution in [1.29, 1.82) is 5.26 Å². The topological polar surface area (TPSA) is 83.1 Å². The second kappa shape index (κ2) is 7.22. The number of piperidine rings is 1. The molecule has 0 radical (unpaired) electrons. The predicted molar refractivity (Wildman–Crippen MR) is 117 cm³/mol. The summed E-state index contributed by atoms with van der Waals surface area (Å²) in [6.45, 7) is 0.857. The number of hydrogen-bond acceptors (Lipinski definition) is 6. The summed E-state index contributed by atoms with van der Waals surface area (Å²) < 4.78 is 0. The minimum atomic E-state index is -0.805. The molecule has 6 nitrogen and oxygen atoms in total. The minimum absolute atomic E-state index is 0.0278. The summed E-state index contributed by atoms with van der Waals surface area (Å²) in [5.74, 6) is 0. The Kier molecular flexibility index (Phi) is 4.52. The first-order valence-electron chi connectivity index (χ1n) is 10.1. The van der Waals surface area contributed by atoms with E-state index >= 15 is 0 Å². The summed E-state index contributed by atoms with van der Waals surface area (Å²) in [6.07, 6.45) is 3.50. The molecule has 1 fully saturated rings. The number of nitro groups is 1. The third kappa shape index (κ3) is 2.87. The average Bonchev–Trinajstić information content (AvgIpc) is 3.29. The minimum Gasteiger partial charge on any atom is -0.366 e. The van der Waals surface area contributed by atoms with Crippen molar-refractivity contribution >= 4 is 22.7 Å². The van der Waals surface area contributed by atoms with E-state index in [1.54, 1.807) is 12.1 Å². The monoisotopic (exact) mass is 416 g/mol. The molecule has 2 aromatic carbocycles. The van der Waals surface area contributed by atoms with Crippen molar-refractivity contribution < 1.29 is 4.92 Å². The lowest BCUT2D eigenvalue weighted by Gasteiger charge is -2.49. The SMILES string of the molecule is N#CC1(c2nc(-c3ccccc3)cs2)Cc2cc([N+](=O)[O-])ccc2N2CCCCC21. The van der Waals surface area contributed by atoms with E-state index in [0.29, 0.717) is 6.42 Å². The van der Waals surface area contributed by atoms with Crippen LogP contribution in [0.5, 0.6) is 0 Å². The first kappa shape index (κ1) is 18.8. The summed E-state index contributed by atoms with van der Waals surface area (Å²) in [5, 5.41) is 24.6. The van der Waals surface area contributed by atoms with E-state index in [4.69, 9.17) is 4.98 Å². The van der Waals surface area contributed by atoms with Gasteiger partial charge in [0.05, 0.1) is 22.7 Å². The van der Waals surface area contributed by atoms with Crippen LogP contribution in [0.3, 0.4) is 0 Å². The van der Waals surface area contributed by atoms with Crippen molar-refractivity contribution in [1.82, 2.24) is 4.98 Å². The Hall–Kier alpha value is -3.24. The van der Waals surface area contributed by atoms with Gasteiger partial charge >= 0.3 is 0 Å². The van der Waals surface area contributed by atoms with Crippen molar-refractivity contribution in [2.45, 2.75) is 37.1 Å². The number of anilines is 1. The molecule has 0 bridgehead atoms. The Labute approximate surface area is 178 Å².